The summed E-state index contributed by atoms with van der Waals surface area (Å²) in [5.74, 6) is 1.76. The van der Waals surface area contributed by atoms with E-state index in [1.807, 2.05) is 47.9 Å². The van der Waals surface area contributed by atoms with Gasteiger partial charge in [-0.1, -0.05) is 23.5 Å². The lowest BCUT2D eigenvalue weighted by Crippen LogP contribution is -2.20. The van der Waals surface area contributed by atoms with E-state index in [9.17, 15) is 4.79 Å². The molecular weight excluding hydrogens is 404 g/mol. The van der Waals surface area contributed by atoms with Crippen LogP contribution in [0, 0.1) is 0 Å². The minimum Gasteiger partial charge on any atom is -0.497 e. The molecule has 3 aromatic rings. The summed E-state index contributed by atoms with van der Waals surface area (Å²) in [5, 5.41) is 0. The maximum Gasteiger partial charge on any atom is 0.252 e. The first kappa shape index (κ1) is 21.9. The molecule has 0 aliphatic rings. The van der Waals surface area contributed by atoms with Gasteiger partial charge in [-0.05, 0) is 24.6 Å². The summed E-state index contributed by atoms with van der Waals surface area (Å²) < 4.78 is 24.6. The van der Waals surface area contributed by atoms with Crippen LogP contribution in [0.5, 0.6) is 17.2 Å². The zero-order valence-electron chi connectivity index (χ0n) is 17.6. The molecule has 160 valence electrons. The van der Waals surface area contributed by atoms with Crippen LogP contribution in [0.25, 0.3) is 10.2 Å². The largest absolute Gasteiger partial charge is 0.497 e. The van der Waals surface area contributed by atoms with Crippen molar-refractivity contribution in [2.45, 2.75) is 19.9 Å². The van der Waals surface area contributed by atoms with E-state index in [1.165, 1.54) is 11.3 Å². The summed E-state index contributed by atoms with van der Waals surface area (Å²) in [7, 11) is 4.80. The van der Waals surface area contributed by atoms with Gasteiger partial charge in [0.2, 0.25) is 0 Å². The van der Waals surface area contributed by atoms with Gasteiger partial charge in [-0.2, -0.15) is 4.99 Å². The Balaban J connectivity index is 2.01. The zero-order valence-corrected chi connectivity index (χ0v) is 18.5. The maximum atomic E-state index is 12.7. The Kier molecular flexibility index (Phi) is 7.48. The fourth-order valence-corrected chi connectivity index (χ4v) is 4.19. The highest BCUT2D eigenvalue weighted by Gasteiger charge is 2.13. The Morgan fingerprint density at radius 3 is 2.53 bits per heavy atom. The second-order valence-electron chi connectivity index (χ2n) is 6.44. The molecule has 1 amide bonds. The summed E-state index contributed by atoms with van der Waals surface area (Å²) in [6.45, 7) is 3.68. The van der Waals surface area contributed by atoms with Gasteiger partial charge >= 0.3 is 0 Å². The highest BCUT2D eigenvalue weighted by Crippen LogP contribution is 2.33. The fourth-order valence-electron chi connectivity index (χ4n) is 3.10. The third kappa shape index (κ3) is 5.01. The van der Waals surface area contributed by atoms with Gasteiger partial charge < -0.3 is 23.5 Å². The lowest BCUT2D eigenvalue weighted by Gasteiger charge is -2.09. The van der Waals surface area contributed by atoms with E-state index in [4.69, 9.17) is 18.9 Å². The van der Waals surface area contributed by atoms with Crippen molar-refractivity contribution in [3.8, 4) is 17.2 Å². The number of benzene rings is 2. The summed E-state index contributed by atoms with van der Waals surface area (Å²) in [4.78, 5) is 17.7. The molecule has 3 rings (SSSR count). The zero-order chi connectivity index (χ0) is 21.5. The lowest BCUT2D eigenvalue weighted by molar-refractivity contribution is -0.117. The number of hydrogen-bond acceptors (Lipinski definition) is 6. The van der Waals surface area contributed by atoms with Crippen LogP contribution in [0.15, 0.2) is 41.4 Å². The lowest BCUT2D eigenvalue weighted by atomic mass is 10.1. The summed E-state index contributed by atoms with van der Waals surface area (Å²) in [6, 6.07) is 11.3. The highest BCUT2D eigenvalue weighted by molar-refractivity contribution is 7.16. The van der Waals surface area contributed by atoms with Crippen LogP contribution in [0.2, 0.25) is 0 Å². The Morgan fingerprint density at radius 1 is 1.07 bits per heavy atom. The molecule has 0 saturated heterocycles. The number of hydrogen-bond donors (Lipinski definition) is 0. The second-order valence-corrected chi connectivity index (χ2v) is 7.45. The molecule has 8 heteroatoms. The predicted molar refractivity (Wildman–Crippen MR) is 117 cm³/mol. The number of aromatic nitrogens is 1. The average Bonchev–Trinajstić information content (AvgIpc) is 3.08. The first-order valence-electron chi connectivity index (χ1n) is 9.63. The molecule has 1 aromatic heterocycles. The average molecular weight is 431 g/mol. The topological polar surface area (TPSA) is 71.3 Å². The number of ether oxygens (including phenoxy) is 4. The molecule has 0 bridgehead atoms. The number of thiazole rings is 1. The molecule has 0 atom stereocenters. The molecule has 1 heterocycles. The SMILES string of the molecule is CCOCCn1c(=NC(=O)Cc2cccc(OC)c2)sc2cc(OC)c(OC)cc21. The Labute approximate surface area is 179 Å². The fraction of sp³-hybridized carbons (Fsp3) is 0.364. The second kappa shape index (κ2) is 10.3. The monoisotopic (exact) mass is 430 g/mol. The standard InChI is InChI=1S/C22H26N2O5S/c1-5-29-10-9-24-17-13-18(27-3)19(28-4)14-20(17)30-22(24)23-21(25)12-15-7-6-8-16(11-15)26-2/h6-8,11,13-14H,5,9-10,12H2,1-4H3. The number of amides is 1. The van der Waals surface area contributed by atoms with E-state index in [2.05, 4.69) is 4.99 Å². The van der Waals surface area contributed by atoms with Crippen LogP contribution >= 0.6 is 11.3 Å². The van der Waals surface area contributed by atoms with Crippen molar-refractivity contribution in [3.63, 3.8) is 0 Å². The molecular formula is C22H26N2O5S. The third-order valence-electron chi connectivity index (χ3n) is 4.56. The highest BCUT2D eigenvalue weighted by atomic mass is 32.1. The number of methoxy groups -OCH3 is 3. The van der Waals surface area contributed by atoms with Crippen LogP contribution in [0.4, 0.5) is 0 Å². The van der Waals surface area contributed by atoms with E-state index in [0.29, 0.717) is 41.8 Å². The van der Waals surface area contributed by atoms with Crippen LogP contribution in [-0.2, 0) is 22.5 Å². The minimum absolute atomic E-state index is 0.198. The van der Waals surface area contributed by atoms with Crippen molar-refractivity contribution in [1.29, 1.82) is 0 Å². The quantitative estimate of drug-likeness (QED) is 0.487. The van der Waals surface area contributed by atoms with Crippen molar-refractivity contribution in [2.24, 2.45) is 4.99 Å². The number of rotatable bonds is 9. The van der Waals surface area contributed by atoms with Crippen molar-refractivity contribution < 1.29 is 23.7 Å². The third-order valence-corrected chi connectivity index (χ3v) is 5.60. The Morgan fingerprint density at radius 2 is 1.83 bits per heavy atom. The summed E-state index contributed by atoms with van der Waals surface area (Å²) >= 11 is 1.44. The maximum absolute atomic E-state index is 12.7. The molecule has 0 N–H and O–H groups in total. The molecule has 0 aliphatic heterocycles. The van der Waals surface area contributed by atoms with E-state index in [1.54, 1.807) is 21.3 Å². The van der Waals surface area contributed by atoms with Gasteiger partial charge in [0.05, 0.1) is 44.6 Å². The molecule has 0 spiro atoms. The Hall–Kier alpha value is -2.84. The van der Waals surface area contributed by atoms with Crippen molar-refractivity contribution in [1.82, 2.24) is 4.57 Å². The number of carbonyl (C=O) groups excluding carboxylic acids is 1. The first-order chi connectivity index (χ1) is 14.6. The van der Waals surface area contributed by atoms with E-state index in [-0.39, 0.29) is 12.3 Å². The molecule has 0 saturated carbocycles. The minimum atomic E-state index is -0.223. The molecule has 7 nitrogen and oxygen atoms in total. The molecule has 0 aliphatic carbocycles. The van der Waals surface area contributed by atoms with Gasteiger partial charge in [-0.25, -0.2) is 0 Å². The van der Waals surface area contributed by atoms with Crippen LogP contribution < -0.4 is 19.0 Å². The van der Waals surface area contributed by atoms with Crippen LogP contribution in [0.1, 0.15) is 12.5 Å². The molecule has 30 heavy (non-hydrogen) atoms. The molecule has 0 radical (unpaired) electrons. The van der Waals surface area contributed by atoms with Gasteiger partial charge in [0.1, 0.15) is 5.75 Å². The van der Waals surface area contributed by atoms with Crippen molar-refractivity contribution >= 4 is 27.5 Å². The van der Waals surface area contributed by atoms with E-state index >= 15 is 0 Å². The number of fused-ring (bicyclic) bond motifs is 1. The van der Waals surface area contributed by atoms with Crippen molar-refractivity contribution in [2.75, 3.05) is 34.5 Å². The van der Waals surface area contributed by atoms with Gasteiger partial charge in [0, 0.05) is 25.3 Å². The summed E-state index contributed by atoms with van der Waals surface area (Å²) in [6.07, 6.45) is 0.198. The van der Waals surface area contributed by atoms with Gasteiger partial charge in [0.25, 0.3) is 5.91 Å². The van der Waals surface area contributed by atoms with E-state index in [0.717, 1.165) is 15.8 Å². The normalized spacial score (nSPS) is 11.7. The van der Waals surface area contributed by atoms with Gasteiger partial charge in [0.15, 0.2) is 16.3 Å². The van der Waals surface area contributed by atoms with Gasteiger partial charge in [-0.3, -0.25) is 4.79 Å². The molecule has 0 fully saturated rings. The van der Waals surface area contributed by atoms with Crippen LogP contribution in [0.3, 0.4) is 0 Å². The molecule has 2 aromatic carbocycles. The van der Waals surface area contributed by atoms with E-state index < -0.39 is 0 Å². The first-order valence-corrected chi connectivity index (χ1v) is 10.4. The van der Waals surface area contributed by atoms with Gasteiger partial charge in [-0.15, -0.1) is 0 Å². The van der Waals surface area contributed by atoms with Crippen LogP contribution in [-0.4, -0.2) is 45.0 Å². The predicted octanol–water partition coefficient (Wildman–Crippen LogP) is 3.44. The smallest absolute Gasteiger partial charge is 0.252 e. The van der Waals surface area contributed by atoms with Crippen molar-refractivity contribution in [3.05, 3.63) is 46.8 Å². The summed E-state index contributed by atoms with van der Waals surface area (Å²) in [5.41, 5.74) is 1.78. The number of carbonyl (C=O) groups is 1. The Bertz CT molecular complexity index is 1090. The number of nitrogens with zero attached hydrogens (tertiary/aromatic N) is 2. The molecule has 0 unspecified atom stereocenters.